The number of benzene rings is 1. The van der Waals surface area contributed by atoms with Crippen LogP contribution in [-0.2, 0) is 4.79 Å². The lowest BCUT2D eigenvalue weighted by Crippen LogP contribution is -2.34. The van der Waals surface area contributed by atoms with E-state index < -0.39 is 0 Å². The normalized spacial score (nSPS) is 13.8. The minimum atomic E-state index is -0.0533. The number of hydrogen-bond donors (Lipinski definition) is 1. The van der Waals surface area contributed by atoms with E-state index in [0.29, 0.717) is 18.8 Å². The first-order valence-corrected chi connectivity index (χ1v) is 7.66. The summed E-state index contributed by atoms with van der Waals surface area (Å²) >= 11 is 0. The predicted molar refractivity (Wildman–Crippen MR) is 84.3 cm³/mol. The van der Waals surface area contributed by atoms with Gasteiger partial charge in [-0.05, 0) is 24.8 Å². The van der Waals surface area contributed by atoms with Gasteiger partial charge in [-0.25, -0.2) is 0 Å². The van der Waals surface area contributed by atoms with Crippen LogP contribution in [0, 0.1) is 5.92 Å². The second-order valence-corrected chi connectivity index (χ2v) is 5.50. The zero-order chi connectivity index (χ0) is 15.0. The first-order chi connectivity index (χ1) is 9.58. The fourth-order valence-electron chi connectivity index (χ4n) is 2.22. The number of carbonyl (C=O) groups is 1. The highest BCUT2D eigenvalue weighted by Crippen LogP contribution is 2.16. The maximum absolute atomic E-state index is 12.2. The Labute approximate surface area is 123 Å². The molecule has 2 N–H and O–H groups in total. The molecule has 20 heavy (non-hydrogen) atoms. The van der Waals surface area contributed by atoms with Crippen molar-refractivity contribution < 1.29 is 4.79 Å². The van der Waals surface area contributed by atoms with Gasteiger partial charge in [-0.2, -0.15) is 0 Å². The van der Waals surface area contributed by atoms with Crippen LogP contribution in [0.5, 0.6) is 0 Å². The van der Waals surface area contributed by atoms with Crippen molar-refractivity contribution in [1.82, 2.24) is 4.90 Å². The molecule has 0 aliphatic rings. The van der Waals surface area contributed by atoms with Gasteiger partial charge in [-0.15, -0.1) is 0 Å². The molecule has 1 aromatic rings. The Morgan fingerprint density at radius 3 is 2.45 bits per heavy atom. The third-order valence-electron chi connectivity index (χ3n) is 3.86. The molecule has 1 rings (SSSR count). The molecule has 0 fully saturated rings. The van der Waals surface area contributed by atoms with E-state index >= 15 is 0 Å². The van der Waals surface area contributed by atoms with Crippen molar-refractivity contribution in [3.63, 3.8) is 0 Å². The van der Waals surface area contributed by atoms with Gasteiger partial charge in [0.1, 0.15) is 0 Å². The lowest BCUT2D eigenvalue weighted by molar-refractivity contribution is -0.131. The molecule has 0 radical (unpaired) electrons. The van der Waals surface area contributed by atoms with Gasteiger partial charge in [0, 0.05) is 25.6 Å². The SMILES string of the molecule is CCC(C)CN(CC)C(=O)CCC(N)c1ccccc1. The summed E-state index contributed by atoms with van der Waals surface area (Å²) in [4.78, 5) is 14.2. The van der Waals surface area contributed by atoms with E-state index in [9.17, 15) is 4.79 Å². The summed E-state index contributed by atoms with van der Waals surface area (Å²) in [6.07, 6.45) is 2.34. The monoisotopic (exact) mass is 276 g/mol. The Kier molecular flexibility index (Phi) is 7.31. The molecule has 1 amide bonds. The van der Waals surface area contributed by atoms with Gasteiger partial charge in [0.05, 0.1) is 0 Å². The van der Waals surface area contributed by atoms with Crippen molar-refractivity contribution in [2.24, 2.45) is 11.7 Å². The number of hydrogen-bond acceptors (Lipinski definition) is 2. The van der Waals surface area contributed by atoms with E-state index in [0.717, 1.165) is 25.1 Å². The molecule has 112 valence electrons. The molecule has 0 aliphatic heterocycles. The number of amides is 1. The summed E-state index contributed by atoms with van der Waals surface area (Å²) in [6.45, 7) is 8.02. The average molecular weight is 276 g/mol. The Hall–Kier alpha value is -1.35. The molecule has 0 spiro atoms. The van der Waals surface area contributed by atoms with Crippen LogP contribution in [0.4, 0.5) is 0 Å². The van der Waals surface area contributed by atoms with E-state index in [1.165, 1.54) is 0 Å². The molecule has 0 aromatic heterocycles. The number of nitrogens with zero attached hydrogens (tertiary/aromatic N) is 1. The van der Waals surface area contributed by atoms with E-state index in [1.807, 2.05) is 42.2 Å². The molecule has 1 aromatic carbocycles. The fraction of sp³-hybridized carbons (Fsp3) is 0.588. The Morgan fingerprint density at radius 2 is 1.90 bits per heavy atom. The van der Waals surface area contributed by atoms with Gasteiger partial charge in [0.25, 0.3) is 0 Å². The summed E-state index contributed by atoms with van der Waals surface area (Å²) in [5.74, 6) is 0.779. The minimum Gasteiger partial charge on any atom is -0.343 e. The molecular weight excluding hydrogens is 248 g/mol. The third kappa shape index (κ3) is 5.33. The molecule has 0 saturated carbocycles. The van der Waals surface area contributed by atoms with Crippen molar-refractivity contribution in [3.05, 3.63) is 35.9 Å². The van der Waals surface area contributed by atoms with Crippen molar-refractivity contribution in [3.8, 4) is 0 Å². The second-order valence-electron chi connectivity index (χ2n) is 5.50. The van der Waals surface area contributed by atoms with Gasteiger partial charge < -0.3 is 10.6 Å². The summed E-state index contributed by atoms with van der Waals surface area (Å²) in [6, 6.07) is 9.93. The van der Waals surface area contributed by atoms with Crippen molar-refractivity contribution in [2.75, 3.05) is 13.1 Å². The zero-order valence-corrected chi connectivity index (χ0v) is 13.0. The standard InChI is InChI=1S/C17H28N2O/c1-4-14(3)13-19(5-2)17(20)12-11-16(18)15-9-7-6-8-10-15/h6-10,14,16H,4-5,11-13,18H2,1-3H3. The molecule has 2 unspecified atom stereocenters. The van der Waals surface area contributed by atoms with Crippen LogP contribution in [0.2, 0.25) is 0 Å². The maximum Gasteiger partial charge on any atom is 0.222 e. The average Bonchev–Trinajstić information content (AvgIpc) is 2.50. The molecule has 3 heteroatoms. The van der Waals surface area contributed by atoms with E-state index in [2.05, 4.69) is 13.8 Å². The first-order valence-electron chi connectivity index (χ1n) is 7.66. The molecule has 2 atom stereocenters. The van der Waals surface area contributed by atoms with Gasteiger partial charge in [0.2, 0.25) is 5.91 Å². The quantitative estimate of drug-likeness (QED) is 0.791. The van der Waals surface area contributed by atoms with E-state index in [4.69, 9.17) is 5.73 Å². The summed E-state index contributed by atoms with van der Waals surface area (Å²) in [5, 5.41) is 0. The highest BCUT2D eigenvalue weighted by atomic mass is 16.2. The molecule has 0 heterocycles. The van der Waals surface area contributed by atoms with Gasteiger partial charge in [-0.1, -0.05) is 50.6 Å². The highest BCUT2D eigenvalue weighted by molar-refractivity contribution is 5.76. The number of rotatable bonds is 8. The summed E-state index contributed by atoms with van der Waals surface area (Å²) in [5.41, 5.74) is 7.24. The lowest BCUT2D eigenvalue weighted by Gasteiger charge is -2.24. The van der Waals surface area contributed by atoms with Crippen LogP contribution in [0.3, 0.4) is 0 Å². The van der Waals surface area contributed by atoms with Gasteiger partial charge in [-0.3, -0.25) is 4.79 Å². The van der Waals surface area contributed by atoms with Crippen molar-refractivity contribution in [1.29, 1.82) is 0 Å². The van der Waals surface area contributed by atoms with E-state index in [1.54, 1.807) is 0 Å². The van der Waals surface area contributed by atoms with Crippen LogP contribution >= 0.6 is 0 Å². The fourth-order valence-corrected chi connectivity index (χ4v) is 2.22. The van der Waals surface area contributed by atoms with E-state index in [-0.39, 0.29) is 11.9 Å². The second kappa shape index (κ2) is 8.75. The minimum absolute atomic E-state index is 0.0533. The van der Waals surface area contributed by atoms with Crippen LogP contribution in [-0.4, -0.2) is 23.9 Å². The molecule has 3 nitrogen and oxygen atoms in total. The summed E-state index contributed by atoms with van der Waals surface area (Å²) < 4.78 is 0. The summed E-state index contributed by atoms with van der Waals surface area (Å²) in [7, 11) is 0. The van der Waals surface area contributed by atoms with Crippen LogP contribution < -0.4 is 5.73 Å². The van der Waals surface area contributed by atoms with Crippen LogP contribution in [0.25, 0.3) is 0 Å². The van der Waals surface area contributed by atoms with Crippen molar-refractivity contribution >= 4 is 5.91 Å². The predicted octanol–water partition coefficient (Wildman–Crippen LogP) is 3.36. The smallest absolute Gasteiger partial charge is 0.222 e. The Morgan fingerprint density at radius 1 is 1.25 bits per heavy atom. The van der Waals surface area contributed by atoms with Crippen molar-refractivity contribution in [2.45, 2.75) is 46.1 Å². The topological polar surface area (TPSA) is 46.3 Å². The largest absolute Gasteiger partial charge is 0.343 e. The first kappa shape index (κ1) is 16.7. The van der Waals surface area contributed by atoms with Gasteiger partial charge in [0.15, 0.2) is 0 Å². The Bertz CT molecular complexity index is 391. The highest BCUT2D eigenvalue weighted by Gasteiger charge is 2.15. The molecule has 0 saturated heterocycles. The number of carbonyl (C=O) groups excluding carboxylic acids is 1. The third-order valence-corrected chi connectivity index (χ3v) is 3.86. The molecular formula is C17H28N2O. The lowest BCUT2D eigenvalue weighted by atomic mass is 10.0. The number of nitrogens with two attached hydrogens (primary N) is 1. The molecule has 0 aliphatic carbocycles. The zero-order valence-electron chi connectivity index (χ0n) is 13.0. The Balaban J connectivity index is 2.45. The molecule has 0 bridgehead atoms. The van der Waals surface area contributed by atoms with Crippen LogP contribution in [0.15, 0.2) is 30.3 Å². The van der Waals surface area contributed by atoms with Crippen LogP contribution in [0.1, 0.15) is 51.6 Å². The maximum atomic E-state index is 12.2. The van der Waals surface area contributed by atoms with Gasteiger partial charge >= 0.3 is 0 Å².